The Balaban J connectivity index is 1.89. The summed E-state index contributed by atoms with van der Waals surface area (Å²) in [6.45, 7) is 6.66. The zero-order chi connectivity index (χ0) is 20.3. The van der Waals surface area contributed by atoms with Gasteiger partial charge < -0.3 is 10.1 Å². The van der Waals surface area contributed by atoms with E-state index >= 15 is 0 Å². The standard InChI is InChI=1S/C21H26N2O4S/c1-15(2)27-20-9-5-4-8-19(20)22-21(24)18-14-17(11-10-16(18)3)28(25,26)23-12-6-7-13-23/h4-5,8-11,14-15H,6-7,12-13H2,1-3H3,(H,22,24). The number of aryl methyl sites for hydroxylation is 1. The van der Waals surface area contributed by atoms with Gasteiger partial charge in [0, 0.05) is 18.7 Å². The quantitative estimate of drug-likeness (QED) is 0.797. The van der Waals surface area contributed by atoms with Crippen molar-refractivity contribution in [3.63, 3.8) is 0 Å². The van der Waals surface area contributed by atoms with Crippen LogP contribution in [0.2, 0.25) is 0 Å². The maximum atomic E-state index is 12.9. The van der Waals surface area contributed by atoms with E-state index in [0.29, 0.717) is 35.7 Å². The van der Waals surface area contributed by atoms with Crippen LogP contribution < -0.4 is 10.1 Å². The van der Waals surface area contributed by atoms with Crippen LogP contribution in [0.1, 0.15) is 42.6 Å². The minimum absolute atomic E-state index is 0.0336. The summed E-state index contributed by atoms with van der Waals surface area (Å²) in [6.07, 6.45) is 1.70. The van der Waals surface area contributed by atoms with E-state index in [2.05, 4.69) is 5.32 Å². The smallest absolute Gasteiger partial charge is 0.256 e. The Morgan fingerprint density at radius 3 is 2.46 bits per heavy atom. The Bertz CT molecular complexity index is 964. The first-order chi connectivity index (χ1) is 13.3. The van der Waals surface area contributed by atoms with E-state index in [1.807, 2.05) is 26.0 Å². The van der Waals surface area contributed by atoms with Crippen LogP contribution in [0.4, 0.5) is 5.69 Å². The molecule has 1 heterocycles. The summed E-state index contributed by atoms with van der Waals surface area (Å²) in [5.41, 5.74) is 1.59. The molecule has 1 amide bonds. The summed E-state index contributed by atoms with van der Waals surface area (Å²) in [4.78, 5) is 13.0. The molecule has 0 aliphatic carbocycles. The fraction of sp³-hybridized carbons (Fsp3) is 0.381. The average Bonchev–Trinajstić information content (AvgIpc) is 3.18. The van der Waals surface area contributed by atoms with Gasteiger partial charge in [0.05, 0.1) is 16.7 Å². The lowest BCUT2D eigenvalue weighted by molar-refractivity contribution is 0.102. The fourth-order valence-electron chi connectivity index (χ4n) is 3.20. The normalized spacial score (nSPS) is 15.0. The van der Waals surface area contributed by atoms with Crippen LogP contribution in [-0.2, 0) is 10.0 Å². The number of hydrogen-bond acceptors (Lipinski definition) is 4. The molecule has 6 nitrogen and oxygen atoms in total. The molecule has 1 fully saturated rings. The monoisotopic (exact) mass is 402 g/mol. The van der Waals surface area contributed by atoms with Gasteiger partial charge in [-0.1, -0.05) is 18.2 Å². The molecule has 1 N–H and O–H groups in total. The van der Waals surface area contributed by atoms with Gasteiger partial charge >= 0.3 is 0 Å². The first-order valence-electron chi connectivity index (χ1n) is 9.47. The number of nitrogens with zero attached hydrogens (tertiary/aromatic N) is 1. The molecule has 150 valence electrons. The number of amides is 1. The van der Waals surface area contributed by atoms with Crippen LogP contribution in [0.3, 0.4) is 0 Å². The van der Waals surface area contributed by atoms with Gasteiger partial charge in [0.15, 0.2) is 0 Å². The van der Waals surface area contributed by atoms with Crippen molar-refractivity contribution in [1.82, 2.24) is 4.31 Å². The molecule has 0 unspecified atom stereocenters. The highest BCUT2D eigenvalue weighted by atomic mass is 32.2. The first kappa shape index (κ1) is 20.4. The lowest BCUT2D eigenvalue weighted by atomic mass is 10.1. The second-order valence-corrected chi connectivity index (χ2v) is 9.14. The largest absolute Gasteiger partial charge is 0.489 e. The molecule has 0 bridgehead atoms. The SMILES string of the molecule is Cc1ccc(S(=O)(=O)N2CCCC2)cc1C(=O)Nc1ccccc1OC(C)C. The molecule has 0 aromatic heterocycles. The van der Waals surface area contributed by atoms with Crippen LogP contribution in [0, 0.1) is 6.92 Å². The lowest BCUT2D eigenvalue weighted by Crippen LogP contribution is -2.28. The minimum atomic E-state index is -3.58. The Labute approximate surface area is 166 Å². The van der Waals surface area contributed by atoms with Crippen molar-refractivity contribution in [2.45, 2.75) is 44.6 Å². The zero-order valence-corrected chi connectivity index (χ0v) is 17.3. The molecular weight excluding hydrogens is 376 g/mol. The van der Waals surface area contributed by atoms with E-state index < -0.39 is 10.0 Å². The Hall–Kier alpha value is -2.38. The van der Waals surface area contributed by atoms with Crippen LogP contribution >= 0.6 is 0 Å². The van der Waals surface area contributed by atoms with Crippen molar-refractivity contribution < 1.29 is 17.9 Å². The topological polar surface area (TPSA) is 75.7 Å². The number of carbonyl (C=O) groups excluding carboxylic acids is 1. The molecule has 0 spiro atoms. The molecule has 28 heavy (non-hydrogen) atoms. The van der Waals surface area contributed by atoms with E-state index in [1.165, 1.54) is 10.4 Å². The number of benzene rings is 2. The van der Waals surface area contributed by atoms with Gasteiger partial charge in [0.2, 0.25) is 10.0 Å². The predicted octanol–water partition coefficient (Wildman–Crippen LogP) is 3.82. The van der Waals surface area contributed by atoms with Crippen molar-refractivity contribution in [1.29, 1.82) is 0 Å². The third kappa shape index (κ3) is 4.36. The highest BCUT2D eigenvalue weighted by molar-refractivity contribution is 7.89. The van der Waals surface area contributed by atoms with Gasteiger partial charge in [-0.15, -0.1) is 0 Å². The van der Waals surface area contributed by atoms with E-state index in [9.17, 15) is 13.2 Å². The number of ether oxygens (including phenoxy) is 1. The van der Waals surface area contributed by atoms with Crippen molar-refractivity contribution in [3.8, 4) is 5.75 Å². The molecule has 1 aliphatic heterocycles. The van der Waals surface area contributed by atoms with Crippen molar-refractivity contribution >= 4 is 21.6 Å². The highest BCUT2D eigenvalue weighted by Gasteiger charge is 2.28. The van der Waals surface area contributed by atoms with Gasteiger partial charge in [0.1, 0.15) is 5.75 Å². The summed E-state index contributed by atoms with van der Waals surface area (Å²) in [7, 11) is -3.58. The number of sulfonamides is 1. The Morgan fingerprint density at radius 2 is 1.79 bits per heavy atom. The predicted molar refractivity (Wildman–Crippen MR) is 109 cm³/mol. The molecule has 0 atom stereocenters. The zero-order valence-electron chi connectivity index (χ0n) is 16.4. The summed E-state index contributed by atoms with van der Waals surface area (Å²) < 4.78 is 32.9. The lowest BCUT2D eigenvalue weighted by Gasteiger charge is -2.17. The van der Waals surface area contributed by atoms with Gasteiger partial charge in [-0.2, -0.15) is 4.31 Å². The summed E-state index contributed by atoms with van der Waals surface area (Å²) >= 11 is 0. The molecule has 0 radical (unpaired) electrons. The van der Waals surface area contributed by atoms with Crippen LogP contribution in [0.5, 0.6) is 5.75 Å². The molecule has 2 aromatic rings. The maximum Gasteiger partial charge on any atom is 0.256 e. The van der Waals surface area contributed by atoms with Crippen molar-refractivity contribution in [2.75, 3.05) is 18.4 Å². The molecular formula is C21H26N2O4S. The molecule has 3 rings (SSSR count). The van der Waals surface area contributed by atoms with E-state index in [4.69, 9.17) is 4.74 Å². The van der Waals surface area contributed by atoms with E-state index in [1.54, 1.807) is 31.2 Å². The average molecular weight is 403 g/mol. The summed E-state index contributed by atoms with van der Waals surface area (Å²) in [5, 5.41) is 2.85. The van der Waals surface area contributed by atoms with Crippen LogP contribution in [0.15, 0.2) is 47.4 Å². The summed E-state index contributed by atoms with van der Waals surface area (Å²) in [6, 6.07) is 11.9. The van der Waals surface area contributed by atoms with Gasteiger partial charge in [0.25, 0.3) is 5.91 Å². The number of anilines is 1. The third-order valence-electron chi connectivity index (χ3n) is 4.65. The fourth-order valence-corrected chi connectivity index (χ4v) is 4.74. The van der Waals surface area contributed by atoms with E-state index in [0.717, 1.165) is 12.8 Å². The van der Waals surface area contributed by atoms with Crippen molar-refractivity contribution in [3.05, 3.63) is 53.6 Å². The number of para-hydroxylation sites is 2. The molecule has 7 heteroatoms. The van der Waals surface area contributed by atoms with Gasteiger partial charge in [-0.3, -0.25) is 4.79 Å². The number of rotatable bonds is 6. The van der Waals surface area contributed by atoms with Crippen LogP contribution in [0.25, 0.3) is 0 Å². The van der Waals surface area contributed by atoms with Gasteiger partial charge in [-0.05, 0) is 63.4 Å². The molecule has 1 aliphatic rings. The Morgan fingerprint density at radius 1 is 1.11 bits per heavy atom. The van der Waals surface area contributed by atoms with Crippen molar-refractivity contribution in [2.24, 2.45) is 0 Å². The molecule has 1 saturated heterocycles. The third-order valence-corrected chi connectivity index (χ3v) is 6.55. The van der Waals surface area contributed by atoms with Gasteiger partial charge in [-0.25, -0.2) is 8.42 Å². The molecule has 2 aromatic carbocycles. The Kier molecular flexibility index (Phi) is 6.05. The first-order valence-corrected chi connectivity index (χ1v) is 10.9. The summed E-state index contributed by atoms with van der Waals surface area (Å²) in [5.74, 6) is 0.208. The second kappa shape index (κ2) is 8.32. The van der Waals surface area contributed by atoms with E-state index in [-0.39, 0.29) is 16.9 Å². The highest BCUT2D eigenvalue weighted by Crippen LogP contribution is 2.27. The minimum Gasteiger partial charge on any atom is -0.489 e. The van der Waals surface area contributed by atoms with Crippen LogP contribution in [-0.4, -0.2) is 37.8 Å². The second-order valence-electron chi connectivity index (χ2n) is 7.20. The maximum absolute atomic E-state index is 12.9. The molecule has 0 saturated carbocycles. The number of nitrogens with one attached hydrogen (secondary N) is 1. The number of hydrogen-bond donors (Lipinski definition) is 1. The number of carbonyl (C=O) groups is 1.